The van der Waals surface area contributed by atoms with Gasteiger partial charge in [-0.1, -0.05) is 29.8 Å². The second-order valence-electron chi connectivity index (χ2n) is 6.51. The second-order valence-corrected chi connectivity index (χ2v) is 8.63. The summed E-state index contributed by atoms with van der Waals surface area (Å²) in [6, 6.07) is 19.9. The van der Waals surface area contributed by atoms with Crippen LogP contribution in [0.15, 0.2) is 77.7 Å². The quantitative estimate of drug-likeness (QED) is 0.508. The van der Waals surface area contributed by atoms with E-state index in [0.717, 1.165) is 0 Å². The smallest absolute Gasteiger partial charge is 0.261 e. The number of nitrogens with one attached hydrogen (secondary N) is 2. The summed E-state index contributed by atoms with van der Waals surface area (Å²) in [7, 11) is -3.69. The summed E-state index contributed by atoms with van der Waals surface area (Å²) in [6.07, 6.45) is 0. The highest BCUT2D eigenvalue weighted by molar-refractivity contribution is 7.92. The first-order chi connectivity index (χ1) is 14.3. The van der Waals surface area contributed by atoms with E-state index in [2.05, 4.69) is 10.0 Å². The van der Waals surface area contributed by atoms with Gasteiger partial charge in [-0.3, -0.25) is 9.52 Å². The predicted molar refractivity (Wildman–Crippen MR) is 118 cm³/mol. The first-order valence-corrected chi connectivity index (χ1v) is 11.1. The molecule has 0 aliphatic carbocycles. The third kappa shape index (κ3) is 5.75. The average molecular weight is 445 g/mol. The number of sulfonamides is 1. The molecule has 0 spiro atoms. The molecule has 30 heavy (non-hydrogen) atoms. The molecule has 0 aliphatic heterocycles. The largest absolute Gasteiger partial charge is 0.492 e. The second kappa shape index (κ2) is 9.65. The summed E-state index contributed by atoms with van der Waals surface area (Å²) in [6.45, 7) is 2.37. The van der Waals surface area contributed by atoms with E-state index in [-0.39, 0.29) is 10.8 Å². The van der Waals surface area contributed by atoms with Gasteiger partial charge < -0.3 is 10.1 Å². The van der Waals surface area contributed by atoms with Crippen molar-refractivity contribution in [3.63, 3.8) is 0 Å². The Morgan fingerprint density at radius 3 is 2.37 bits per heavy atom. The molecule has 3 aromatic carbocycles. The summed E-state index contributed by atoms with van der Waals surface area (Å²) in [5, 5.41) is 3.40. The lowest BCUT2D eigenvalue weighted by Crippen LogP contribution is -2.28. The Kier molecular flexibility index (Phi) is 6.97. The van der Waals surface area contributed by atoms with E-state index >= 15 is 0 Å². The van der Waals surface area contributed by atoms with Crippen LogP contribution in [0.5, 0.6) is 5.75 Å². The minimum atomic E-state index is -3.69. The molecule has 0 fully saturated rings. The molecule has 1 amide bonds. The summed E-state index contributed by atoms with van der Waals surface area (Å²) in [5.41, 5.74) is 1.49. The molecular formula is C22H21ClN2O4S. The number of aryl methyl sites for hydroxylation is 1. The van der Waals surface area contributed by atoms with Gasteiger partial charge >= 0.3 is 0 Å². The highest BCUT2D eigenvalue weighted by Gasteiger charge is 2.15. The molecule has 2 N–H and O–H groups in total. The molecule has 0 bridgehead atoms. The number of halogens is 1. The third-order valence-corrected chi connectivity index (χ3v) is 5.89. The number of hydrogen-bond acceptors (Lipinski definition) is 4. The Bertz CT molecular complexity index is 1120. The lowest BCUT2D eigenvalue weighted by molar-refractivity contribution is 0.0947. The van der Waals surface area contributed by atoms with Crippen molar-refractivity contribution in [3.05, 3.63) is 88.9 Å². The number of carbonyl (C=O) groups excluding carboxylic acids is 1. The minimum absolute atomic E-state index is 0.173. The molecule has 0 radical (unpaired) electrons. The fourth-order valence-corrected chi connectivity index (χ4v) is 3.97. The van der Waals surface area contributed by atoms with Crippen molar-refractivity contribution in [3.8, 4) is 5.75 Å². The van der Waals surface area contributed by atoms with Crippen LogP contribution in [0.25, 0.3) is 0 Å². The van der Waals surface area contributed by atoms with Gasteiger partial charge in [-0.15, -0.1) is 0 Å². The van der Waals surface area contributed by atoms with Gasteiger partial charge in [-0.05, 0) is 67.1 Å². The average Bonchev–Trinajstić information content (AvgIpc) is 2.74. The fourth-order valence-electron chi connectivity index (χ4n) is 2.69. The molecule has 0 saturated carbocycles. The molecule has 6 nitrogen and oxygen atoms in total. The van der Waals surface area contributed by atoms with Crippen LogP contribution in [-0.4, -0.2) is 27.5 Å². The van der Waals surface area contributed by atoms with Crippen molar-refractivity contribution in [1.29, 1.82) is 0 Å². The summed E-state index contributed by atoms with van der Waals surface area (Å²) >= 11 is 5.82. The van der Waals surface area contributed by atoms with E-state index < -0.39 is 10.0 Å². The van der Waals surface area contributed by atoms with Crippen molar-refractivity contribution in [1.82, 2.24) is 5.32 Å². The number of amides is 1. The van der Waals surface area contributed by atoms with Gasteiger partial charge in [-0.2, -0.15) is 0 Å². The zero-order chi connectivity index (χ0) is 21.6. The van der Waals surface area contributed by atoms with Crippen LogP contribution in [-0.2, 0) is 10.0 Å². The van der Waals surface area contributed by atoms with Gasteiger partial charge in [0.2, 0.25) is 0 Å². The molecule has 8 heteroatoms. The maximum Gasteiger partial charge on any atom is 0.261 e. The van der Waals surface area contributed by atoms with Gasteiger partial charge in [0.05, 0.1) is 17.1 Å². The molecule has 3 rings (SSSR count). The van der Waals surface area contributed by atoms with Crippen molar-refractivity contribution in [2.24, 2.45) is 0 Å². The molecule has 0 saturated heterocycles. The zero-order valence-electron chi connectivity index (χ0n) is 16.3. The Morgan fingerprint density at radius 2 is 1.70 bits per heavy atom. The first-order valence-electron chi connectivity index (χ1n) is 9.20. The van der Waals surface area contributed by atoms with E-state index in [1.54, 1.807) is 67.6 Å². The van der Waals surface area contributed by atoms with Crippen molar-refractivity contribution < 1.29 is 17.9 Å². The van der Waals surface area contributed by atoms with Gasteiger partial charge in [0, 0.05) is 10.6 Å². The van der Waals surface area contributed by atoms with Gasteiger partial charge in [0.25, 0.3) is 15.9 Å². The Labute approximate surface area is 180 Å². The van der Waals surface area contributed by atoms with Gasteiger partial charge in [0.1, 0.15) is 12.4 Å². The van der Waals surface area contributed by atoms with Crippen LogP contribution >= 0.6 is 11.6 Å². The number of anilines is 1. The molecule has 0 atom stereocenters. The number of ether oxygens (including phenoxy) is 1. The number of carbonyl (C=O) groups is 1. The molecule has 156 valence electrons. The van der Waals surface area contributed by atoms with Crippen molar-refractivity contribution in [2.75, 3.05) is 17.9 Å². The first kappa shape index (κ1) is 21.7. The van der Waals surface area contributed by atoms with Crippen LogP contribution in [0.2, 0.25) is 5.02 Å². The summed E-state index contributed by atoms with van der Waals surface area (Å²) in [4.78, 5) is 12.5. The molecule has 0 aliphatic rings. The standard InChI is InChI=1S/C22H21ClN2O4S/c1-16-15-17(22(26)24-13-14-29-19-10-8-18(23)9-11-19)7-12-21(16)25-30(27,28)20-5-3-2-4-6-20/h2-12,15,25H,13-14H2,1H3,(H,24,26). The van der Waals surface area contributed by atoms with Crippen LogP contribution in [0.3, 0.4) is 0 Å². The van der Waals surface area contributed by atoms with Crippen LogP contribution in [0, 0.1) is 6.92 Å². The predicted octanol–water partition coefficient (Wildman–Crippen LogP) is 4.26. The topological polar surface area (TPSA) is 84.5 Å². The van der Waals surface area contributed by atoms with Crippen molar-refractivity contribution in [2.45, 2.75) is 11.8 Å². The SMILES string of the molecule is Cc1cc(C(=O)NCCOc2ccc(Cl)cc2)ccc1NS(=O)(=O)c1ccccc1. The fraction of sp³-hybridized carbons (Fsp3) is 0.136. The van der Waals surface area contributed by atoms with E-state index in [9.17, 15) is 13.2 Å². The molecule has 3 aromatic rings. The minimum Gasteiger partial charge on any atom is -0.492 e. The van der Waals surface area contributed by atoms with E-state index in [0.29, 0.717) is 40.7 Å². The maximum absolute atomic E-state index is 12.5. The number of hydrogen-bond donors (Lipinski definition) is 2. The van der Waals surface area contributed by atoms with Crippen LogP contribution in [0.4, 0.5) is 5.69 Å². The Morgan fingerprint density at radius 1 is 1.00 bits per heavy atom. The molecule has 0 unspecified atom stereocenters. The molecular weight excluding hydrogens is 424 g/mol. The highest BCUT2D eigenvalue weighted by atomic mass is 35.5. The number of rotatable bonds is 8. The summed E-state index contributed by atoms with van der Waals surface area (Å²) in [5.74, 6) is 0.398. The third-order valence-electron chi connectivity index (χ3n) is 4.26. The monoisotopic (exact) mass is 444 g/mol. The lowest BCUT2D eigenvalue weighted by atomic mass is 10.1. The highest BCUT2D eigenvalue weighted by Crippen LogP contribution is 2.21. The van der Waals surface area contributed by atoms with Crippen LogP contribution in [0.1, 0.15) is 15.9 Å². The van der Waals surface area contributed by atoms with E-state index in [1.165, 1.54) is 12.1 Å². The number of benzene rings is 3. The Hall–Kier alpha value is -3.03. The normalized spacial score (nSPS) is 11.0. The zero-order valence-corrected chi connectivity index (χ0v) is 17.8. The van der Waals surface area contributed by atoms with Crippen molar-refractivity contribution >= 4 is 33.2 Å². The maximum atomic E-state index is 12.5. The summed E-state index contributed by atoms with van der Waals surface area (Å²) < 4.78 is 33.0. The Balaban J connectivity index is 1.56. The lowest BCUT2D eigenvalue weighted by Gasteiger charge is -2.12. The van der Waals surface area contributed by atoms with Gasteiger partial charge in [0.15, 0.2) is 0 Å². The molecule has 0 aromatic heterocycles. The van der Waals surface area contributed by atoms with E-state index in [1.807, 2.05) is 0 Å². The molecule has 0 heterocycles. The van der Waals surface area contributed by atoms with E-state index in [4.69, 9.17) is 16.3 Å². The van der Waals surface area contributed by atoms with Crippen LogP contribution < -0.4 is 14.8 Å². The van der Waals surface area contributed by atoms with Gasteiger partial charge in [-0.25, -0.2) is 8.42 Å².